The van der Waals surface area contributed by atoms with Crippen molar-refractivity contribution in [3.63, 3.8) is 0 Å². The summed E-state index contributed by atoms with van der Waals surface area (Å²) in [7, 11) is 1.76. The first-order valence-corrected chi connectivity index (χ1v) is 8.53. The van der Waals surface area contributed by atoms with Crippen molar-refractivity contribution in [2.75, 3.05) is 51.4 Å². The molecule has 0 aromatic heterocycles. The van der Waals surface area contributed by atoms with Crippen molar-refractivity contribution in [3.05, 3.63) is 29.3 Å². The molecule has 1 aromatic rings. The third kappa shape index (κ3) is 3.29. The van der Waals surface area contributed by atoms with Gasteiger partial charge in [-0.2, -0.15) is 0 Å². The molecule has 3 rings (SSSR count). The predicted octanol–water partition coefficient (Wildman–Crippen LogP) is 1.69. The number of β-amino-alcohol motifs (C(OH)–C–C–N with tert-alkyl or cyclic N) is 1. The molecule has 0 radical (unpaired) electrons. The van der Waals surface area contributed by atoms with Crippen LogP contribution in [0.5, 0.6) is 0 Å². The van der Waals surface area contributed by atoms with E-state index in [4.69, 9.17) is 4.74 Å². The number of ether oxygens (including phenoxy) is 1. The summed E-state index contributed by atoms with van der Waals surface area (Å²) in [6, 6.07) is 7.16. The molecule has 0 amide bonds. The van der Waals surface area contributed by atoms with E-state index >= 15 is 0 Å². The van der Waals surface area contributed by atoms with Gasteiger partial charge in [-0.15, -0.1) is 0 Å². The van der Waals surface area contributed by atoms with Crippen LogP contribution in [0.4, 0.5) is 5.69 Å². The zero-order valence-electron chi connectivity index (χ0n) is 13.6. The van der Waals surface area contributed by atoms with E-state index in [1.165, 1.54) is 31.4 Å². The van der Waals surface area contributed by atoms with E-state index in [0.717, 1.165) is 32.8 Å². The minimum Gasteiger partial charge on any atom is -0.395 e. The number of piperazine rings is 1. The molecule has 1 unspecified atom stereocenters. The van der Waals surface area contributed by atoms with Crippen molar-refractivity contribution in [2.24, 2.45) is 0 Å². The fourth-order valence-corrected chi connectivity index (χ4v) is 3.94. The molecule has 1 atom stereocenters. The van der Waals surface area contributed by atoms with Crippen molar-refractivity contribution in [2.45, 2.75) is 31.7 Å². The smallest absolute Gasteiger partial charge is 0.0635 e. The normalized spacial score (nSPS) is 22.6. The van der Waals surface area contributed by atoms with E-state index in [1.54, 1.807) is 18.2 Å². The number of hydrogen-bond donors (Lipinski definition) is 1. The Labute approximate surface area is 133 Å². The molecule has 2 aliphatic rings. The number of hydrogen-bond acceptors (Lipinski definition) is 4. The van der Waals surface area contributed by atoms with Gasteiger partial charge in [0, 0.05) is 39.0 Å². The standard InChI is InChI=1S/C18H28N2O2/c1-22-14-16-13-20(10-9-19(16)11-12-21)18-8-4-6-15-5-2-3-7-17(15)18/h4,6,8,16,21H,2-3,5,7,9-14H2,1H3. The molecule has 1 heterocycles. The molecule has 0 saturated carbocycles. The highest BCUT2D eigenvalue weighted by Crippen LogP contribution is 2.31. The van der Waals surface area contributed by atoms with Gasteiger partial charge in [0.2, 0.25) is 0 Å². The maximum atomic E-state index is 9.25. The molecule has 1 aliphatic carbocycles. The summed E-state index contributed by atoms with van der Waals surface area (Å²) in [4.78, 5) is 4.89. The van der Waals surface area contributed by atoms with E-state index in [1.807, 2.05) is 0 Å². The van der Waals surface area contributed by atoms with E-state index < -0.39 is 0 Å². The second-order valence-corrected chi connectivity index (χ2v) is 6.44. The zero-order valence-corrected chi connectivity index (χ0v) is 13.6. The molecule has 4 heteroatoms. The Hall–Kier alpha value is -1.10. The molecule has 4 nitrogen and oxygen atoms in total. The van der Waals surface area contributed by atoms with Crippen LogP contribution in [-0.2, 0) is 17.6 Å². The fourth-order valence-electron chi connectivity index (χ4n) is 3.94. The fraction of sp³-hybridized carbons (Fsp3) is 0.667. The second-order valence-electron chi connectivity index (χ2n) is 6.44. The van der Waals surface area contributed by atoms with Crippen molar-refractivity contribution in [1.82, 2.24) is 4.90 Å². The lowest BCUT2D eigenvalue weighted by molar-refractivity contribution is 0.0690. The van der Waals surface area contributed by atoms with Gasteiger partial charge in [0.15, 0.2) is 0 Å². The summed E-state index contributed by atoms with van der Waals surface area (Å²) in [6.45, 7) is 4.72. The number of nitrogens with zero attached hydrogens (tertiary/aromatic N) is 2. The van der Waals surface area contributed by atoms with Crippen LogP contribution < -0.4 is 4.90 Å². The highest BCUT2D eigenvalue weighted by Gasteiger charge is 2.28. The first-order chi connectivity index (χ1) is 10.8. The highest BCUT2D eigenvalue weighted by atomic mass is 16.5. The SMILES string of the molecule is COCC1CN(c2cccc3c2CCCC3)CCN1CCO. The molecule has 22 heavy (non-hydrogen) atoms. The van der Waals surface area contributed by atoms with Crippen LogP contribution in [0.1, 0.15) is 24.0 Å². The first kappa shape index (κ1) is 15.8. The molecule has 1 aliphatic heterocycles. The van der Waals surface area contributed by atoms with Crippen LogP contribution in [0, 0.1) is 0 Å². The van der Waals surface area contributed by atoms with E-state index in [2.05, 4.69) is 28.0 Å². The van der Waals surface area contributed by atoms with Crippen molar-refractivity contribution >= 4 is 5.69 Å². The Bertz CT molecular complexity index is 492. The van der Waals surface area contributed by atoms with Gasteiger partial charge in [-0.05, 0) is 42.9 Å². The largest absolute Gasteiger partial charge is 0.395 e. The minimum absolute atomic E-state index is 0.223. The third-order valence-corrected chi connectivity index (χ3v) is 5.06. The Morgan fingerprint density at radius 2 is 2.09 bits per heavy atom. The first-order valence-electron chi connectivity index (χ1n) is 8.53. The minimum atomic E-state index is 0.223. The second kappa shape index (κ2) is 7.44. The monoisotopic (exact) mass is 304 g/mol. The third-order valence-electron chi connectivity index (χ3n) is 5.06. The summed E-state index contributed by atoms with van der Waals surface area (Å²) < 4.78 is 5.40. The Morgan fingerprint density at radius 1 is 1.23 bits per heavy atom. The van der Waals surface area contributed by atoms with Crippen molar-refractivity contribution < 1.29 is 9.84 Å². The molecule has 1 aromatic carbocycles. The maximum absolute atomic E-state index is 9.25. The number of aliphatic hydroxyl groups is 1. The molecule has 0 bridgehead atoms. The van der Waals surface area contributed by atoms with Gasteiger partial charge in [0.05, 0.1) is 19.3 Å². The molecule has 1 N–H and O–H groups in total. The Morgan fingerprint density at radius 3 is 2.91 bits per heavy atom. The molecule has 1 fully saturated rings. The van der Waals surface area contributed by atoms with E-state index in [0.29, 0.717) is 6.04 Å². The number of aryl methyl sites for hydroxylation is 1. The summed E-state index contributed by atoms with van der Waals surface area (Å²) in [5, 5.41) is 9.25. The van der Waals surface area contributed by atoms with Gasteiger partial charge in [-0.25, -0.2) is 0 Å². The lowest BCUT2D eigenvalue weighted by Gasteiger charge is -2.43. The molecule has 122 valence electrons. The van der Waals surface area contributed by atoms with Crippen LogP contribution in [0.2, 0.25) is 0 Å². The maximum Gasteiger partial charge on any atom is 0.0635 e. The predicted molar refractivity (Wildman–Crippen MR) is 89.6 cm³/mol. The van der Waals surface area contributed by atoms with Gasteiger partial charge < -0.3 is 14.7 Å². The van der Waals surface area contributed by atoms with Gasteiger partial charge in [0.25, 0.3) is 0 Å². The molecular formula is C18H28N2O2. The Balaban J connectivity index is 1.78. The summed E-state index contributed by atoms with van der Waals surface area (Å²) in [6.07, 6.45) is 5.09. The van der Waals surface area contributed by atoms with Crippen LogP contribution in [-0.4, -0.2) is 62.6 Å². The topological polar surface area (TPSA) is 35.9 Å². The number of aliphatic hydroxyl groups excluding tert-OH is 1. The number of anilines is 1. The van der Waals surface area contributed by atoms with Crippen LogP contribution in [0.15, 0.2) is 18.2 Å². The Kier molecular flexibility index (Phi) is 5.34. The summed E-state index contributed by atoms with van der Waals surface area (Å²) in [5.41, 5.74) is 4.55. The van der Waals surface area contributed by atoms with E-state index in [-0.39, 0.29) is 6.61 Å². The number of benzene rings is 1. The lowest BCUT2D eigenvalue weighted by Crippen LogP contribution is -2.55. The molecule has 1 saturated heterocycles. The van der Waals surface area contributed by atoms with Crippen molar-refractivity contribution in [1.29, 1.82) is 0 Å². The van der Waals surface area contributed by atoms with Crippen LogP contribution in [0.25, 0.3) is 0 Å². The van der Waals surface area contributed by atoms with Gasteiger partial charge in [-0.1, -0.05) is 12.1 Å². The average Bonchev–Trinajstić information content (AvgIpc) is 2.56. The lowest BCUT2D eigenvalue weighted by atomic mass is 9.90. The van der Waals surface area contributed by atoms with Crippen LogP contribution >= 0.6 is 0 Å². The summed E-state index contributed by atoms with van der Waals surface area (Å²) in [5.74, 6) is 0. The summed E-state index contributed by atoms with van der Waals surface area (Å²) >= 11 is 0. The molecule has 0 spiro atoms. The van der Waals surface area contributed by atoms with Crippen molar-refractivity contribution in [3.8, 4) is 0 Å². The number of rotatable bonds is 5. The van der Waals surface area contributed by atoms with Gasteiger partial charge >= 0.3 is 0 Å². The average molecular weight is 304 g/mol. The van der Waals surface area contributed by atoms with Gasteiger partial charge in [0.1, 0.15) is 0 Å². The van der Waals surface area contributed by atoms with Crippen LogP contribution in [0.3, 0.4) is 0 Å². The zero-order chi connectivity index (χ0) is 15.4. The van der Waals surface area contributed by atoms with Gasteiger partial charge in [-0.3, -0.25) is 4.90 Å². The number of methoxy groups -OCH3 is 1. The quantitative estimate of drug-likeness (QED) is 0.898. The molecular weight excluding hydrogens is 276 g/mol. The van der Waals surface area contributed by atoms with E-state index in [9.17, 15) is 5.11 Å². The number of fused-ring (bicyclic) bond motifs is 1. The highest BCUT2D eigenvalue weighted by molar-refractivity contribution is 5.58.